The SMILES string of the molecule is CCCCN(CCCC)c1c(N)n(CC(C)C)c(=O)[nH]c1=O. The molecule has 0 saturated heterocycles. The Kier molecular flexibility index (Phi) is 7.21. The Bertz CT molecular complexity index is 566. The van der Waals surface area contributed by atoms with Crippen molar-refractivity contribution in [3.63, 3.8) is 0 Å². The standard InChI is InChI=1S/C16H30N4O2/c1-5-7-9-19(10-8-6-2)13-14(17)20(11-12(3)4)16(22)18-15(13)21/h12H,5-11,17H2,1-4H3,(H,18,21,22). The molecule has 0 spiro atoms. The second-order valence-electron chi connectivity index (χ2n) is 6.19. The van der Waals surface area contributed by atoms with E-state index in [2.05, 4.69) is 18.8 Å². The summed E-state index contributed by atoms with van der Waals surface area (Å²) in [4.78, 5) is 28.7. The van der Waals surface area contributed by atoms with Crippen molar-refractivity contribution in [3.8, 4) is 0 Å². The van der Waals surface area contributed by atoms with Crippen molar-refractivity contribution >= 4 is 11.5 Å². The molecule has 0 saturated carbocycles. The van der Waals surface area contributed by atoms with Crippen LogP contribution in [0.5, 0.6) is 0 Å². The van der Waals surface area contributed by atoms with Crippen molar-refractivity contribution in [1.29, 1.82) is 0 Å². The van der Waals surface area contributed by atoms with Gasteiger partial charge in [0.2, 0.25) is 0 Å². The molecule has 1 heterocycles. The van der Waals surface area contributed by atoms with Crippen molar-refractivity contribution in [2.45, 2.75) is 59.9 Å². The van der Waals surface area contributed by atoms with E-state index >= 15 is 0 Å². The number of hydrogen-bond donors (Lipinski definition) is 2. The highest BCUT2D eigenvalue weighted by Gasteiger charge is 2.18. The lowest BCUT2D eigenvalue weighted by Gasteiger charge is -2.26. The second kappa shape index (κ2) is 8.66. The molecule has 1 rings (SSSR count). The summed E-state index contributed by atoms with van der Waals surface area (Å²) in [5.74, 6) is 0.563. The molecule has 6 heteroatoms. The third-order valence-electron chi connectivity index (χ3n) is 3.64. The number of H-pyrrole nitrogens is 1. The number of rotatable bonds is 9. The molecular formula is C16H30N4O2. The van der Waals surface area contributed by atoms with Crippen LogP contribution in [0, 0.1) is 5.92 Å². The largest absolute Gasteiger partial charge is 0.383 e. The summed E-state index contributed by atoms with van der Waals surface area (Å²) in [5.41, 5.74) is 5.82. The van der Waals surface area contributed by atoms with Gasteiger partial charge in [-0.25, -0.2) is 4.79 Å². The molecule has 1 aromatic rings. The van der Waals surface area contributed by atoms with Gasteiger partial charge in [0.25, 0.3) is 5.56 Å². The summed E-state index contributed by atoms with van der Waals surface area (Å²) in [7, 11) is 0. The average Bonchev–Trinajstić information content (AvgIpc) is 2.45. The van der Waals surface area contributed by atoms with Crippen LogP contribution in [-0.2, 0) is 6.54 Å². The molecule has 0 aromatic carbocycles. The summed E-state index contributed by atoms with van der Waals surface area (Å²) in [6, 6.07) is 0. The molecule has 0 amide bonds. The molecule has 0 aliphatic carbocycles. The van der Waals surface area contributed by atoms with E-state index in [4.69, 9.17) is 5.73 Å². The minimum atomic E-state index is -0.425. The Morgan fingerprint density at radius 2 is 1.68 bits per heavy atom. The van der Waals surface area contributed by atoms with Gasteiger partial charge >= 0.3 is 5.69 Å². The monoisotopic (exact) mass is 310 g/mol. The minimum absolute atomic E-state index is 0.276. The van der Waals surface area contributed by atoms with E-state index in [1.807, 2.05) is 18.7 Å². The van der Waals surface area contributed by atoms with Gasteiger partial charge in [-0.2, -0.15) is 0 Å². The quantitative estimate of drug-likeness (QED) is 0.732. The highest BCUT2D eigenvalue weighted by Crippen LogP contribution is 2.18. The third-order valence-corrected chi connectivity index (χ3v) is 3.64. The first-order valence-electron chi connectivity index (χ1n) is 8.29. The van der Waals surface area contributed by atoms with Crippen LogP contribution >= 0.6 is 0 Å². The number of nitrogens with two attached hydrogens (primary N) is 1. The van der Waals surface area contributed by atoms with Crippen molar-refractivity contribution in [1.82, 2.24) is 9.55 Å². The number of hydrogen-bond acceptors (Lipinski definition) is 4. The normalized spacial score (nSPS) is 11.1. The Labute approximate surface area is 132 Å². The number of anilines is 2. The highest BCUT2D eigenvalue weighted by molar-refractivity contribution is 5.62. The molecule has 3 N–H and O–H groups in total. The van der Waals surface area contributed by atoms with E-state index in [-0.39, 0.29) is 17.3 Å². The lowest BCUT2D eigenvalue weighted by Crippen LogP contribution is -2.39. The van der Waals surface area contributed by atoms with E-state index in [0.717, 1.165) is 38.8 Å². The number of nitrogen functional groups attached to an aromatic ring is 1. The van der Waals surface area contributed by atoms with Crippen LogP contribution in [0.15, 0.2) is 9.59 Å². The van der Waals surface area contributed by atoms with Gasteiger partial charge in [-0.1, -0.05) is 40.5 Å². The van der Waals surface area contributed by atoms with Crippen LogP contribution in [-0.4, -0.2) is 22.6 Å². The number of aromatic amines is 1. The molecule has 0 aliphatic heterocycles. The summed E-state index contributed by atoms with van der Waals surface area (Å²) >= 11 is 0. The Hall–Kier alpha value is -1.72. The predicted octanol–water partition coefficient (Wildman–Crippen LogP) is 2.18. The van der Waals surface area contributed by atoms with Gasteiger partial charge in [-0.15, -0.1) is 0 Å². The summed E-state index contributed by atoms with van der Waals surface area (Å²) in [5, 5.41) is 0. The maximum atomic E-state index is 12.3. The third kappa shape index (κ3) is 4.64. The number of nitrogens with zero attached hydrogens (tertiary/aromatic N) is 2. The van der Waals surface area contributed by atoms with Crippen molar-refractivity contribution in [2.75, 3.05) is 23.7 Å². The van der Waals surface area contributed by atoms with Gasteiger partial charge < -0.3 is 10.6 Å². The van der Waals surface area contributed by atoms with E-state index in [9.17, 15) is 9.59 Å². The van der Waals surface area contributed by atoms with Crippen molar-refractivity contribution in [3.05, 3.63) is 20.8 Å². The van der Waals surface area contributed by atoms with Gasteiger partial charge in [0.05, 0.1) is 0 Å². The first kappa shape index (κ1) is 18.3. The summed E-state index contributed by atoms with van der Waals surface area (Å²) in [6.45, 7) is 10.3. The van der Waals surface area contributed by atoms with Gasteiger partial charge in [-0.3, -0.25) is 14.3 Å². The van der Waals surface area contributed by atoms with Crippen LogP contribution < -0.4 is 21.9 Å². The Balaban J connectivity index is 3.28. The molecular weight excluding hydrogens is 280 g/mol. The topological polar surface area (TPSA) is 84.1 Å². The zero-order valence-corrected chi connectivity index (χ0v) is 14.3. The first-order valence-corrected chi connectivity index (χ1v) is 8.29. The van der Waals surface area contributed by atoms with Crippen molar-refractivity contribution in [2.24, 2.45) is 5.92 Å². The molecule has 1 aromatic heterocycles. The fourth-order valence-electron chi connectivity index (χ4n) is 2.46. The lowest BCUT2D eigenvalue weighted by atomic mass is 10.2. The van der Waals surface area contributed by atoms with Gasteiger partial charge in [0.15, 0.2) is 0 Å². The average molecular weight is 310 g/mol. The Morgan fingerprint density at radius 3 is 2.14 bits per heavy atom. The van der Waals surface area contributed by atoms with Crippen LogP contribution in [0.2, 0.25) is 0 Å². The molecule has 0 atom stereocenters. The molecule has 6 nitrogen and oxygen atoms in total. The number of aromatic nitrogens is 2. The molecule has 0 radical (unpaired) electrons. The van der Waals surface area contributed by atoms with Gasteiger partial charge in [0.1, 0.15) is 11.5 Å². The predicted molar refractivity (Wildman–Crippen MR) is 92.6 cm³/mol. The molecule has 0 aliphatic rings. The maximum absolute atomic E-state index is 12.3. The molecule has 22 heavy (non-hydrogen) atoms. The summed E-state index contributed by atoms with van der Waals surface area (Å²) < 4.78 is 1.48. The maximum Gasteiger partial charge on any atom is 0.330 e. The van der Waals surface area contributed by atoms with E-state index in [1.54, 1.807) is 0 Å². The fourth-order valence-corrected chi connectivity index (χ4v) is 2.46. The van der Waals surface area contributed by atoms with Crippen LogP contribution in [0.25, 0.3) is 0 Å². The fraction of sp³-hybridized carbons (Fsp3) is 0.750. The van der Waals surface area contributed by atoms with E-state index < -0.39 is 5.69 Å². The zero-order valence-electron chi connectivity index (χ0n) is 14.3. The molecule has 0 bridgehead atoms. The Morgan fingerprint density at radius 1 is 1.14 bits per heavy atom. The van der Waals surface area contributed by atoms with Crippen LogP contribution in [0.1, 0.15) is 53.4 Å². The highest BCUT2D eigenvalue weighted by atomic mass is 16.2. The summed E-state index contributed by atoms with van der Waals surface area (Å²) in [6.07, 6.45) is 4.08. The molecule has 0 unspecified atom stereocenters. The lowest BCUT2D eigenvalue weighted by molar-refractivity contribution is 0.506. The van der Waals surface area contributed by atoms with E-state index in [0.29, 0.717) is 12.2 Å². The second-order valence-corrected chi connectivity index (χ2v) is 6.19. The van der Waals surface area contributed by atoms with Crippen molar-refractivity contribution < 1.29 is 0 Å². The number of unbranched alkanes of at least 4 members (excludes halogenated alkanes) is 2. The minimum Gasteiger partial charge on any atom is -0.383 e. The number of nitrogens with one attached hydrogen (secondary N) is 1. The van der Waals surface area contributed by atoms with Gasteiger partial charge in [0, 0.05) is 19.6 Å². The zero-order chi connectivity index (χ0) is 16.7. The van der Waals surface area contributed by atoms with Gasteiger partial charge in [-0.05, 0) is 18.8 Å². The molecule has 0 fully saturated rings. The smallest absolute Gasteiger partial charge is 0.330 e. The van der Waals surface area contributed by atoms with E-state index in [1.165, 1.54) is 4.57 Å². The van der Waals surface area contributed by atoms with Crippen LogP contribution in [0.4, 0.5) is 11.5 Å². The molecule has 126 valence electrons. The first-order chi connectivity index (χ1) is 10.4. The van der Waals surface area contributed by atoms with Crippen LogP contribution in [0.3, 0.4) is 0 Å².